The van der Waals surface area contributed by atoms with E-state index in [0.29, 0.717) is 36.9 Å². The summed E-state index contributed by atoms with van der Waals surface area (Å²) in [6.07, 6.45) is 0.133. The van der Waals surface area contributed by atoms with Crippen LogP contribution in [0.5, 0.6) is 17.2 Å². The first kappa shape index (κ1) is 19.8. The number of aliphatic carboxylic acids is 1. The van der Waals surface area contributed by atoms with Gasteiger partial charge in [0.25, 0.3) is 0 Å². The summed E-state index contributed by atoms with van der Waals surface area (Å²) < 4.78 is 16.1. The van der Waals surface area contributed by atoms with E-state index in [1.54, 1.807) is 26.4 Å². The molecule has 0 aliphatic carbocycles. The second kappa shape index (κ2) is 9.27. The van der Waals surface area contributed by atoms with Crippen molar-refractivity contribution in [1.82, 2.24) is 9.80 Å². The number of ether oxygens (including phenoxy) is 3. The number of benzene rings is 1. The third-order valence-corrected chi connectivity index (χ3v) is 4.54. The van der Waals surface area contributed by atoms with Gasteiger partial charge in [-0.25, -0.2) is 0 Å². The normalized spacial score (nSPS) is 16.5. The van der Waals surface area contributed by atoms with Crippen LogP contribution in [0.25, 0.3) is 0 Å². The van der Waals surface area contributed by atoms with Gasteiger partial charge in [-0.15, -0.1) is 0 Å². The summed E-state index contributed by atoms with van der Waals surface area (Å²) in [6, 6.07) is 5.51. The molecule has 1 heterocycles. The van der Waals surface area contributed by atoms with E-state index in [0.717, 1.165) is 18.7 Å². The van der Waals surface area contributed by atoms with Gasteiger partial charge in [-0.05, 0) is 17.7 Å². The van der Waals surface area contributed by atoms with Crippen molar-refractivity contribution in [1.29, 1.82) is 5.26 Å². The van der Waals surface area contributed by atoms with Crippen LogP contribution in [-0.4, -0.2) is 74.9 Å². The summed E-state index contributed by atoms with van der Waals surface area (Å²) in [4.78, 5) is 14.9. The summed E-state index contributed by atoms with van der Waals surface area (Å²) >= 11 is 0. The first-order valence-corrected chi connectivity index (χ1v) is 8.41. The van der Waals surface area contributed by atoms with Crippen molar-refractivity contribution in [2.45, 2.75) is 12.5 Å². The van der Waals surface area contributed by atoms with Gasteiger partial charge in [0.05, 0.1) is 33.8 Å². The van der Waals surface area contributed by atoms with E-state index in [-0.39, 0.29) is 6.42 Å². The number of nitrogens with zero attached hydrogens (tertiary/aromatic N) is 3. The van der Waals surface area contributed by atoms with Crippen molar-refractivity contribution in [3.8, 4) is 23.3 Å². The Labute approximate surface area is 153 Å². The molecule has 1 fully saturated rings. The van der Waals surface area contributed by atoms with Crippen molar-refractivity contribution in [3.05, 3.63) is 17.7 Å². The van der Waals surface area contributed by atoms with Crippen LogP contribution >= 0.6 is 0 Å². The van der Waals surface area contributed by atoms with Crippen molar-refractivity contribution in [2.75, 3.05) is 54.1 Å². The van der Waals surface area contributed by atoms with Gasteiger partial charge in [0.2, 0.25) is 5.75 Å². The first-order chi connectivity index (χ1) is 12.5. The largest absolute Gasteiger partial charge is 0.493 e. The number of rotatable bonds is 8. The fourth-order valence-corrected chi connectivity index (χ4v) is 3.13. The van der Waals surface area contributed by atoms with Gasteiger partial charge in [-0.1, -0.05) is 0 Å². The molecule has 1 aliphatic rings. The van der Waals surface area contributed by atoms with Gasteiger partial charge in [0.1, 0.15) is 6.04 Å². The molecular weight excluding hydrogens is 338 g/mol. The van der Waals surface area contributed by atoms with Gasteiger partial charge in [0.15, 0.2) is 11.5 Å². The SMILES string of the molecule is COc1cc(C(C#N)N2CCN(CCC(=O)O)CC2)cc(OC)c1OC. The highest BCUT2D eigenvalue weighted by atomic mass is 16.5. The predicted octanol–water partition coefficient (Wildman–Crippen LogP) is 1.37. The highest BCUT2D eigenvalue weighted by Gasteiger charge is 2.27. The van der Waals surface area contributed by atoms with Crippen LogP contribution in [0.3, 0.4) is 0 Å². The maximum Gasteiger partial charge on any atom is 0.304 e. The number of carboxylic acid groups (broad SMARTS) is 1. The zero-order valence-corrected chi connectivity index (χ0v) is 15.4. The molecule has 1 atom stereocenters. The maximum atomic E-state index is 10.7. The second-order valence-corrected chi connectivity index (χ2v) is 6.01. The number of hydrogen-bond donors (Lipinski definition) is 1. The predicted molar refractivity (Wildman–Crippen MR) is 94.7 cm³/mol. The summed E-state index contributed by atoms with van der Waals surface area (Å²) in [5.41, 5.74) is 0.779. The van der Waals surface area contributed by atoms with Gasteiger partial charge in [0, 0.05) is 32.7 Å². The summed E-state index contributed by atoms with van der Waals surface area (Å²) in [7, 11) is 4.63. The molecule has 8 nitrogen and oxygen atoms in total. The Hall–Kier alpha value is -2.50. The number of piperazine rings is 1. The third kappa shape index (κ3) is 4.56. The molecular formula is C18H25N3O5. The highest BCUT2D eigenvalue weighted by molar-refractivity contribution is 5.66. The zero-order chi connectivity index (χ0) is 19.1. The average molecular weight is 363 g/mol. The molecule has 1 aliphatic heterocycles. The molecule has 1 unspecified atom stereocenters. The Bertz CT molecular complexity index is 640. The van der Waals surface area contributed by atoms with Gasteiger partial charge in [-0.2, -0.15) is 5.26 Å². The molecule has 1 N–H and O–H groups in total. The van der Waals surface area contributed by atoms with Crippen LogP contribution < -0.4 is 14.2 Å². The number of carboxylic acids is 1. The van der Waals surface area contributed by atoms with E-state index < -0.39 is 12.0 Å². The zero-order valence-electron chi connectivity index (χ0n) is 15.4. The van der Waals surface area contributed by atoms with Crippen molar-refractivity contribution in [2.24, 2.45) is 0 Å². The van der Waals surface area contributed by atoms with E-state index >= 15 is 0 Å². The van der Waals surface area contributed by atoms with Crippen LogP contribution in [0.15, 0.2) is 12.1 Å². The Kier molecular flexibility index (Phi) is 7.06. The molecule has 0 spiro atoms. The van der Waals surface area contributed by atoms with Crippen LogP contribution in [0.4, 0.5) is 0 Å². The molecule has 26 heavy (non-hydrogen) atoms. The topological polar surface area (TPSA) is 95.3 Å². The molecule has 1 aromatic rings. The summed E-state index contributed by atoms with van der Waals surface area (Å²) in [6.45, 7) is 3.37. The number of carbonyl (C=O) groups is 1. The smallest absolute Gasteiger partial charge is 0.304 e. The van der Waals surface area contributed by atoms with E-state index in [9.17, 15) is 10.1 Å². The quantitative estimate of drug-likeness (QED) is 0.740. The van der Waals surface area contributed by atoms with E-state index in [4.69, 9.17) is 19.3 Å². The molecule has 142 valence electrons. The lowest BCUT2D eigenvalue weighted by Crippen LogP contribution is -2.47. The minimum absolute atomic E-state index is 0.133. The molecule has 0 bridgehead atoms. The minimum atomic E-state index is -0.792. The standard InChI is InChI=1S/C18H25N3O5/c1-24-15-10-13(11-16(25-2)18(15)26-3)14(12-19)21-8-6-20(7-9-21)5-4-17(22)23/h10-11,14H,4-9H2,1-3H3,(H,22,23). The number of nitriles is 1. The average Bonchev–Trinajstić information content (AvgIpc) is 2.66. The maximum absolute atomic E-state index is 10.7. The molecule has 0 saturated carbocycles. The molecule has 0 aromatic heterocycles. The lowest BCUT2D eigenvalue weighted by atomic mass is 10.0. The van der Waals surface area contributed by atoms with Gasteiger partial charge in [-0.3, -0.25) is 9.69 Å². The van der Waals surface area contributed by atoms with Crippen LogP contribution in [0, 0.1) is 11.3 Å². The summed E-state index contributed by atoms with van der Waals surface area (Å²) in [5, 5.41) is 18.5. The molecule has 0 radical (unpaired) electrons. The van der Waals surface area contributed by atoms with Crippen LogP contribution in [-0.2, 0) is 4.79 Å². The van der Waals surface area contributed by atoms with E-state index in [2.05, 4.69) is 15.9 Å². The first-order valence-electron chi connectivity index (χ1n) is 8.41. The fraction of sp³-hybridized carbons (Fsp3) is 0.556. The Morgan fingerprint density at radius 1 is 1.15 bits per heavy atom. The molecule has 0 amide bonds. The lowest BCUT2D eigenvalue weighted by Gasteiger charge is -2.37. The van der Waals surface area contributed by atoms with Crippen molar-refractivity contribution >= 4 is 5.97 Å². The van der Waals surface area contributed by atoms with Gasteiger partial charge >= 0.3 is 5.97 Å². The van der Waals surface area contributed by atoms with Crippen molar-refractivity contribution in [3.63, 3.8) is 0 Å². The summed E-state index contributed by atoms with van der Waals surface area (Å²) in [5.74, 6) is 0.734. The molecule has 2 rings (SSSR count). The molecule has 1 aromatic carbocycles. The van der Waals surface area contributed by atoms with Crippen LogP contribution in [0.1, 0.15) is 18.0 Å². The Balaban J connectivity index is 2.14. The number of hydrogen-bond acceptors (Lipinski definition) is 7. The molecule has 8 heteroatoms. The molecule has 1 saturated heterocycles. The van der Waals surface area contributed by atoms with Gasteiger partial charge < -0.3 is 24.2 Å². The van der Waals surface area contributed by atoms with E-state index in [1.807, 2.05) is 0 Å². The monoisotopic (exact) mass is 363 g/mol. The highest BCUT2D eigenvalue weighted by Crippen LogP contribution is 2.40. The Morgan fingerprint density at radius 2 is 1.73 bits per heavy atom. The fourth-order valence-electron chi connectivity index (χ4n) is 3.13. The lowest BCUT2D eigenvalue weighted by molar-refractivity contribution is -0.137. The third-order valence-electron chi connectivity index (χ3n) is 4.54. The second-order valence-electron chi connectivity index (χ2n) is 6.01. The van der Waals surface area contributed by atoms with Crippen LogP contribution in [0.2, 0.25) is 0 Å². The number of methoxy groups -OCH3 is 3. The van der Waals surface area contributed by atoms with Crippen molar-refractivity contribution < 1.29 is 24.1 Å². The Morgan fingerprint density at radius 3 is 2.15 bits per heavy atom. The minimum Gasteiger partial charge on any atom is -0.493 e. The van der Waals surface area contributed by atoms with E-state index in [1.165, 1.54) is 7.11 Å².